The summed E-state index contributed by atoms with van der Waals surface area (Å²) in [7, 11) is 0. The van der Waals surface area contributed by atoms with Gasteiger partial charge in [-0.2, -0.15) is 0 Å². The van der Waals surface area contributed by atoms with Crippen molar-refractivity contribution >= 4 is 0 Å². The number of likely N-dealkylation sites (tertiary alicyclic amines) is 1. The number of hydrogen-bond acceptors (Lipinski definition) is 3. The van der Waals surface area contributed by atoms with Crippen LogP contribution < -0.4 is 5.32 Å². The van der Waals surface area contributed by atoms with E-state index < -0.39 is 0 Å². The van der Waals surface area contributed by atoms with Crippen molar-refractivity contribution in [3.63, 3.8) is 0 Å². The third-order valence-corrected chi connectivity index (χ3v) is 3.07. The molecule has 1 N–H and O–H groups in total. The van der Waals surface area contributed by atoms with Gasteiger partial charge in [0.2, 0.25) is 0 Å². The molecule has 0 aromatic carbocycles. The van der Waals surface area contributed by atoms with E-state index in [1.807, 2.05) is 0 Å². The molecular formula is C12H26N2O. The van der Waals surface area contributed by atoms with E-state index in [-0.39, 0.29) is 0 Å². The maximum atomic E-state index is 5.37. The Morgan fingerprint density at radius 3 is 3.00 bits per heavy atom. The summed E-state index contributed by atoms with van der Waals surface area (Å²) in [5.74, 6) is 0. The zero-order chi connectivity index (χ0) is 10.9. The van der Waals surface area contributed by atoms with E-state index in [2.05, 4.69) is 24.1 Å². The van der Waals surface area contributed by atoms with Gasteiger partial charge in [0.1, 0.15) is 0 Å². The standard InChI is InChI=1S/C12H26N2O/c1-3-13-11-12-7-5-8-14(12)9-6-10-15-4-2/h12-13H,3-11H2,1-2H3. The smallest absolute Gasteiger partial charge is 0.0478 e. The molecule has 1 saturated heterocycles. The van der Waals surface area contributed by atoms with E-state index in [1.165, 1.54) is 32.4 Å². The third-order valence-electron chi connectivity index (χ3n) is 3.07. The molecule has 0 amide bonds. The lowest BCUT2D eigenvalue weighted by Crippen LogP contribution is -2.38. The molecule has 3 heteroatoms. The fourth-order valence-electron chi connectivity index (χ4n) is 2.25. The van der Waals surface area contributed by atoms with Crippen LogP contribution >= 0.6 is 0 Å². The quantitative estimate of drug-likeness (QED) is 0.620. The first-order valence-corrected chi connectivity index (χ1v) is 6.41. The van der Waals surface area contributed by atoms with Crippen LogP contribution in [0.5, 0.6) is 0 Å². The lowest BCUT2D eigenvalue weighted by atomic mass is 10.2. The highest BCUT2D eigenvalue weighted by Crippen LogP contribution is 2.16. The van der Waals surface area contributed by atoms with E-state index in [1.54, 1.807) is 0 Å². The van der Waals surface area contributed by atoms with Gasteiger partial charge >= 0.3 is 0 Å². The maximum absolute atomic E-state index is 5.37. The Labute approximate surface area is 94.2 Å². The van der Waals surface area contributed by atoms with Crippen LogP contribution in [0.25, 0.3) is 0 Å². The van der Waals surface area contributed by atoms with Crippen molar-refractivity contribution in [1.82, 2.24) is 10.2 Å². The highest BCUT2D eigenvalue weighted by Gasteiger charge is 2.22. The molecule has 1 fully saturated rings. The van der Waals surface area contributed by atoms with Crippen molar-refractivity contribution in [2.45, 2.75) is 39.2 Å². The van der Waals surface area contributed by atoms with Gasteiger partial charge in [-0.15, -0.1) is 0 Å². The van der Waals surface area contributed by atoms with Crippen LogP contribution in [0.1, 0.15) is 33.1 Å². The van der Waals surface area contributed by atoms with Crippen LogP contribution in [0.4, 0.5) is 0 Å². The molecule has 0 aromatic rings. The summed E-state index contributed by atoms with van der Waals surface area (Å²) in [5.41, 5.74) is 0. The van der Waals surface area contributed by atoms with Crippen molar-refractivity contribution in [1.29, 1.82) is 0 Å². The van der Waals surface area contributed by atoms with Crippen LogP contribution in [0.3, 0.4) is 0 Å². The first kappa shape index (κ1) is 12.9. The molecule has 0 radical (unpaired) electrons. The third kappa shape index (κ3) is 4.96. The summed E-state index contributed by atoms with van der Waals surface area (Å²) in [6.07, 6.45) is 3.91. The average molecular weight is 214 g/mol. The van der Waals surface area contributed by atoms with E-state index >= 15 is 0 Å². The number of rotatable bonds is 8. The molecular weight excluding hydrogens is 188 g/mol. The second-order valence-corrected chi connectivity index (χ2v) is 4.19. The molecule has 1 aliphatic rings. The van der Waals surface area contributed by atoms with Crippen LogP contribution in [0, 0.1) is 0 Å². The highest BCUT2D eigenvalue weighted by atomic mass is 16.5. The molecule has 0 aliphatic carbocycles. The van der Waals surface area contributed by atoms with Gasteiger partial charge < -0.3 is 10.1 Å². The van der Waals surface area contributed by atoms with E-state index in [0.717, 1.165) is 32.3 Å². The summed E-state index contributed by atoms with van der Waals surface area (Å²) < 4.78 is 5.37. The Morgan fingerprint density at radius 1 is 1.40 bits per heavy atom. The zero-order valence-corrected chi connectivity index (χ0v) is 10.3. The summed E-state index contributed by atoms with van der Waals surface area (Å²) in [4.78, 5) is 2.61. The summed E-state index contributed by atoms with van der Waals surface area (Å²) in [6.45, 7) is 10.7. The fraction of sp³-hybridized carbons (Fsp3) is 1.00. The SMILES string of the molecule is CCNCC1CCCN1CCCOCC. The molecule has 0 saturated carbocycles. The number of nitrogens with zero attached hydrogens (tertiary/aromatic N) is 1. The minimum absolute atomic E-state index is 0.770. The van der Waals surface area contributed by atoms with Gasteiger partial charge in [-0.25, -0.2) is 0 Å². The number of likely N-dealkylation sites (N-methyl/N-ethyl adjacent to an activating group) is 1. The molecule has 1 unspecified atom stereocenters. The zero-order valence-electron chi connectivity index (χ0n) is 10.3. The van der Waals surface area contributed by atoms with Gasteiger partial charge in [0.25, 0.3) is 0 Å². The monoisotopic (exact) mass is 214 g/mol. The second-order valence-electron chi connectivity index (χ2n) is 4.19. The molecule has 0 aromatic heterocycles. The molecule has 1 heterocycles. The van der Waals surface area contributed by atoms with Crippen LogP contribution in [-0.4, -0.2) is 50.3 Å². The molecule has 3 nitrogen and oxygen atoms in total. The first-order chi connectivity index (χ1) is 7.38. The van der Waals surface area contributed by atoms with Gasteiger partial charge in [0, 0.05) is 32.3 Å². The first-order valence-electron chi connectivity index (χ1n) is 6.41. The Kier molecular flexibility index (Phi) is 6.98. The highest BCUT2D eigenvalue weighted by molar-refractivity contribution is 4.80. The molecule has 1 rings (SSSR count). The summed E-state index contributed by atoms with van der Waals surface area (Å²) in [6, 6.07) is 0.770. The van der Waals surface area contributed by atoms with Crippen molar-refractivity contribution in [2.75, 3.05) is 39.4 Å². The Bertz CT molecular complexity index is 153. The van der Waals surface area contributed by atoms with Gasteiger partial charge in [-0.05, 0) is 39.3 Å². The van der Waals surface area contributed by atoms with Crippen LogP contribution in [-0.2, 0) is 4.74 Å². The van der Waals surface area contributed by atoms with Crippen molar-refractivity contribution in [2.24, 2.45) is 0 Å². The molecule has 1 atom stereocenters. The Balaban J connectivity index is 2.09. The van der Waals surface area contributed by atoms with E-state index in [4.69, 9.17) is 4.74 Å². The Hall–Kier alpha value is -0.120. The fourth-order valence-corrected chi connectivity index (χ4v) is 2.25. The number of hydrogen-bond donors (Lipinski definition) is 1. The van der Waals surface area contributed by atoms with Crippen LogP contribution in [0.15, 0.2) is 0 Å². The largest absolute Gasteiger partial charge is 0.382 e. The van der Waals surface area contributed by atoms with Gasteiger partial charge in [0.15, 0.2) is 0 Å². The topological polar surface area (TPSA) is 24.5 Å². The predicted molar refractivity (Wildman–Crippen MR) is 64.2 cm³/mol. The van der Waals surface area contributed by atoms with E-state index in [0.29, 0.717) is 0 Å². The van der Waals surface area contributed by atoms with Crippen molar-refractivity contribution in [3.05, 3.63) is 0 Å². The van der Waals surface area contributed by atoms with Crippen LogP contribution in [0.2, 0.25) is 0 Å². The van der Waals surface area contributed by atoms with Gasteiger partial charge in [-0.1, -0.05) is 6.92 Å². The van der Waals surface area contributed by atoms with Crippen molar-refractivity contribution in [3.8, 4) is 0 Å². The summed E-state index contributed by atoms with van der Waals surface area (Å²) in [5, 5.41) is 3.45. The average Bonchev–Trinajstić information content (AvgIpc) is 2.69. The molecule has 0 spiro atoms. The molecule has 0 bridgehead atoms. The minimum atomic E-state index is 0.770. The van der Waals surface area contributed by atoms with E-state index in [9.17, 15) is 0 Å². The molecule has 15 heavy (non-hydrogen) atoms. The number of ether oxygens (including phenoxy) is 1. The maximum Gasteiger partial charge on any atom is 0.0478 e. The van der Waals surface area contributed by atoms with Gasteiger partial charge in [0.05, 0.1) is 0 Å². The molecule has 1 aliphatic heterocycles. The lowest BCUT2D eigenvalue weighted by Gasteiger charge is -2.24. The predicted octanol–water partition coefficient (Wildman–Crippen LogP) is 1.49. The lowest BCUT2D eigenvalue weighted by molar-refractivity contribution is 0.129. The minimum Gasteiger partial charge on any atom is -0.382 e. The van der Waals surface area contributed by atoms with Gasteiger partial charge in [-0.3, -0.25) is 4.90 Å². The second kappa shape index (κ2) is 8.08. The molecule has 90 valence electrons. The Morgan fingerprint density at radius 2 is 2.27 bits per heavy atom. The summed E-state index contributed by atoms with van der Waals surface area (Å²) >= 11 is 0. The number of nitrogens with one attached hydrogen (secondary N) is 1. The normalized spacial score (nSPS) is 22.4. The van der Waals surface area contributed by atoms with Crippen molar-refractivity contribution < 1.29 is 4.74 Å².